The van der Waals surface area contributed by atoms with E-state index in [0.717, 1.165) is 36.0 Å². The van der Waals surface area contributed by atoms with Crippen LogP contribution in [0, 0.1) is 11.8 Å². The number of aliphatic carboxylic acids is 1. The Morgan fingerprint density at radius 1 is 0.886 bits per heavy atom. The van der Waals surface area contributed by atoms with E-state index in [1.54, 1.807) is 13.2 Å². The minimum absolute atomic E-state index is 0.0743. The molecule has 3 heterocycles. The maximum atomic E-state index is 14.2. The number of carbonyl (C=O) groups excluding carboxylic acids is 1. The molecule has 0 aromatic heterocycles. The molecule has 6 rings (SSSR count). The van der Waals surface area contributed by atoms with E-state index in [1.807, 2.05) is 21.9 Å². The second kappa shape index (κ2) is 12.6. The molecule has 0 unspecified atom stereocenters. The number of amides is 1. The largest absolute Gasteiger partial charge is 0.497 e. The van der Waals surface area contributed by atoms with Gasteiger partial charge in [0.15, 0.2) is 0 Å². The molecule has 0 spiro atoms. The van der Waals surface area contributed by atoms with Gasteiger partial charge < -0.3 is 19.6 Å². The van der Waals surface area contributed by atoms with Gasteiger partial charge in [0.2, 0.25) is 5.91 Å². The Bertz CT molecular complexity index is 1340. The first-order chi connectivity index (χ1) is 21.1. The molecule has 1 N–H and O–H groups in total. The van der Waals surface area contributed by atoms with Crippen LogP contribution in [0.3, 0.4) is 0 Å². The SMILES string of the molecule is COc1ccc([C@@H]2CN(C3CCCC3)C[C@H]2C(=O)N2CC[C@@H](c3ccc(C(F)(F)F)cc3N3CCC(C(=O)O)CC3)C2)cc1. The van der Waals surface area contributed by atoms with Gasteiger partial charge in [0, 0.05) is 62.8 Å². The molecular formula is C34H42F3N3O4. The van der Waals surface area contributed by atoms with E-state index in [9.17, 15) is 27.9 Å². The number of alkyl halides is 3. The molecule has 1 aliphatic carbocycles. The molecule has 2 aromatic rings. The molecule has 0 radical (unpaired) electrons. The van der Waals surface area contributed by atoms with Gasteiger partial charge in [-0.25, -0.2) is 0 Å². The summed E-state index contributed by atoms with van der Waals surface area (Å²) in [5, 5.41) is 9.42. The van der Waals surface area contributed by atoms with E-state index >= 15 is 0 Å². The molecule has 1 amide bonds. The molecule has 3 aliphatic heterocycles. The Labute approximate surface area is 257 Å². The predicted molar refractivity (Wildman–Crippen MR) is 161 cm³/mol. The highest BCUT2D eigenvalue weighted by molar-refractivity contribution is 5.81. The van der Waals surface area contributed by atoms with Crippen molar-refractivity contribution in [2.45, 2.75) is 69.0 Å². The van der Waals surface area contributed by atoms with Gasteiger partial charge in [0.05, 0.1) is 24.5 Å². The lowest BCUT2D eigenvalue weighted by molar-refractivity contribution is -0.142. The van der Waals surface area contributed by atoms with E-state index in [-0.39, 0.29) is 23.7 Å². The van der Waals surface area contributed by atoms with Crippen molar-refractivity contribution in [3.8, 4) is 5.75 Å². The number of benzene rings is 2. The third kappa shape index (κ3) is 6.28. The first kappa shape index (κ1) is 30.7. The number of hydrogen-bond donors (Lipinski definition) is 1. The first-order valence-electron chi connectivity index (χ1n) is 16.0. The summed E-state index contributed by atoms with van der Waals surface area (Å²) >= 11 is 0. The molecule has 44 heavy (non-hydrogen) atoms. The van der Waals surface area contributed by atoms with Crippen molar-refractivity contribution in [3.05, 3.63) is 59.2 Å². The molecule has 3 saturated heterocycles. The normalized spacial score (nSPS) is 25.6. The highest BCUT2D eigenvalue weighted by Gasteiger charge is 2.44. The molecule has 4 fully saturated rings. The number of nitrogens with zero attached hydrogens (tertiary/aromatic N) is 3. The third-order valence-corrected chi connectivity index (χ3v) is 10.5. The summed E-state index contributed by atoms with van der Waals surface area (Å²) in [6, 6.07) is 12.5. The lowest BCUT2D eigenvalue weighted by Gasteiger charge is -2.34. The number of halogens is 3. The van der Waals surface area contributed by atoms with Gasteiger partial charge in [-0.3, -0.25) is 14.5 Å². The molecule has 3 atom stereocenters. The maximum absolute atomic E-state index is 14.2. The number of carboxylic acid groups (broad SMARTS) is 1. The van der Waals surface area contributed by atoms with Crippen LogP contribution in [-0.4, -0.2) is 79.2 Å². The van der Waals surface area contributed by atoms with Gasteiger partial charge in [-0.1, -0.05) is 31.0 Å². The molecule has 2 aromatic carbocycles. The summed E-state index contributed by atoms with van der Waals surface area (Å²) in [6.07, 6.45) is 1.79. The van der Waals surface area contributed by atoms with Crippen molar-refractivity contribution in [2.75, 3.05) is 51.3 Å². The highest BCUT2D eigenvalue weighted by Crippen LogP contribution is 2.43. The monoisotopic (exact) mass is 613 g/mol. The van der Waals surface area contributed by atoms with Gasteiger partial charge >= 0.3 is 12.1 Å². The zero-order valence-corrected chi connectivity index (χ0v) is 25.3. The lowest BCUT2D eigenvalue weighted by atomic mass is 9.88. The predicted octanol–water partition coefficient (Wildman–Crippen LogP) is 5.99. The van der Waals surface area contributed by atoms with Crippen molar-refractivity contribution >= 4 is 17.6 Å². The fourth-order valence-electron chi connectivity index (χ4n) is 8.00. The van der Waals surface area contributed by atoms with Gasteiger partial charge in [0.1, 0.15) is 5.75 Å². The summed E-state index contributed by atoms with van der Waals surface area (Å²) in [7, 11) is 1.64. The number of ether oxygens (including phenoxy) is 1. The molecule has 10 heteroatoms. The van der Waals surface area contributed by atoms with Crippen LogP contribution in [0.4, 0.5) is 18.9 Å². The summed E-state index contributed by atoms with van der Waals surface area (Å²) in [6.45, 7) is 3.40. The number of rotatable bonds is 7. The highest BCUT2D eigenvalue weighted by atomic mass is 19.4. The van der Waals surface area contributed by atoms with Crippen molar-refractivity contribution in [1.29, 1.82) is 0 Å². The van der Waals surface area contributed by atoms with Gasteiger partial charge in [-0.2, -0.15) is 13.2 Å². The van der Waals surface area contributed by atoms with Gasteiger partial charge in [-0.15, -0.1) is 0 Å². The van der Waals surface area contributed by atoms with Crippen molar-refractivity contribution in [2.24, 2.45) is 11.8 Å². The summed E-state index contributed by atoms with van der Waals surface area (Å²) in [5.74, 6) is -0.608. The van der Waals surface area contributed by atoms with Crippen LogP contribution in [0.2, 0.25) is 0 Å². The number of methoxy groups -OCH3 is 1. The molecule has 4 aliphatic rings. The number of carbonyl (C=O) groups is 2. The van der Waals surface area contributed by atoms with Gasteiger partial charge in [-0.05, 0) is 67.5 Å². The van der Waals surface area contributed by atoms with Crippen LogP contribution in [0.1, 0.15) is 73.5 Å². The van der Waals surface area contributed by atoms with E-state index in [0.29, 0.717) is 57.2 Å². The number of hydrogen-bond acceptors (Lipinski definition) is 5. The number of anilines is 1. The molecule has 238 valence electrons. The zero-order chi connectivity index (χ0) is 31.0. The Morgan fingerprint density at radius 3 is 2.23 bits per heavy atom. The lowest BCUT2D eigenvalue weighted by Crippen LogP contribution is -2.38. The van der Waals surface area contributed by atoms with Crippen LogP contribution in [0.25, 0.3) is 0 Å². The average molecular weight is 614 g/mol. The fourth-order valence-corrected chi connectivity index (χ4v) is 8.00. The van der Waals surface area contributed by atoms with Crippen LogP contribution in [-0.2, 0) is 15.8 Å². The minimum Gasteiger partial charge on any atom is -0.497 e. The maximum Gasteiger partial charge on any atom is 0.416 e. The Hall–Kier alpha value is -3.27. The molecule has 1 saturated carbocycles. The second-order valence-corrected chi connectivity index (χ2v) is 13.0. The van der Waals surface area contributed by atoms with Crippen molar-refractivity contribution in [3.63, 3.8) is 0 Å². The van der Waals surface area contributed by atoms with E-state index in [2.05, 4.69) is 17.0 Å². The van der Waals surface area contributed by atoms with Crippen LogP contribution < -0.4 is 9.64 Å². The van der Waals surface area contributed by atoms with Crippen LogP contribution >= 0.6 is 0 Å². The Kier molecular flexibility index (Phi) is 8.81. The van der Waals surface area contributed by atoms with Crippen molar-refractivity contribution in [1.82, 2.24) is 9.80 Å². The number of piperidine rings is 1. The smallest absolute Gasteiger partial charge is 0.416 e. The van der Waals surface area contributed by atoms with Crippen LogP contribution in [0.15, 0.2) is 42.5 Å². The average Bonchev–Trinajstić information content (AvgIpc) is 3.81. The Morgan fingerprint density at radius 2 is 1.59 bits per heavy atom. The van der Waals surface area contributed by atoms with Crippen molar-refractivity contribution < 1.29 is 32.6 Å². The Balaban J connectivity index is 1.22. The summed E-state index contributed by atoms with van der Waals surface area (Å²) in [5.41, 5.74) is 1.76. The van der Waals surface area contributed by atoms with E-state index in [4.69, 9.17) is 4.74 Å². The quantitative estimate of drug-likeness (QED) is 0.414. The zero-order valence-electron chi connectivity index (χ0n) is 25.3. The fraction of sp³-hybridized carbons (Fsp3) is 0.588. The van der Waals surface area contributed by atoms with Gasteiger partial charge in [0.25, 0.3) is 0 Å². The van der Waals surface area contributed by atoms with E-state index < -0.39 is 23.6 Å². The summed E-state index contributed by atoms with van der Waals surface area (Å²) < 4.78 is 46.6. The second-order valence-electron chi connectivity index (χ2n) is 13.0. The molecule has 0 bridgehead atoms. The minimum atomic E-state index is -4.48. The van der Waals surface area contributed by atoms with E-state index in [1.165, 1.54) is 31.7 Å². The number of likely N-dealkylation sites (tertiary alicyclic amines) is 2. The molecule has 7 nitrogen and oxygen atoms in total. The van der Waals surface area contributed by atoms with Crippen LogP contribution in [0.5, 0.6) is 5.75 Å². The first-order valence-corrected chi connectivity index (χ1v) is 16.0. The third-order valence-electron chi connectivity index (χ3n) is 10.5. The molecular weight excluding hydrogens is 571 g/mol. The standard InChI is InChI=1S/C34H42F3N3O4/c1-44-27-9-6-22(7-10-27)29-20-40(26-4-2-3-5-26)21-30(29)32(41)39-17-14-24(19-39)28-11-8-25(34(35,36)37)18-31(28)38-15-12-23(13-16-38)33(42)43/h6-11,18,23-24,26,29-30H,2-5,12-17,19-21H2,1H3,(H,42,43)/t24-,29+,30-/m1/s1. The summed E-state index contributed by atoms with van der Waals surface area (Å²) in [4.78, 5) is 32.1. The number of carboxylic acids is 1. The topological polar surface area (TPSA) is 73.3 Å².